The quantitative estimate of drug-likeness (QED) is 0.188. The van der Waals surface area contributed by atoms with Gasteiger partial charge < -0.3 is 9.31 Å². The lowest BCUT2D eigenvalue weighted by Crippen LogP contribution is -2.41. The van der Waals surface area contributed by atoms with Crippen LogP contribution in [0.25, 0.3) is 45.2 Å². The van der Waals surface area contributed by atoms with Crippen LogP contribution < -0.4 is 5.46 Å². The van der Waals surface area contributed by atoms with Gasteiger partial charge in [-0.3, -0.25) is 4.98 Å². The Morgan fingerprint density at radius 3 is 1.98 bits per heavy atom. The van der Waals surface area contributed by atoms with Crippen LogP contribution in [0.1, 0.15) is 45.9 Å². The molecule has 222 valence electrons. The first-order chi connectivity index (χ1) is 21.8. The first-order valence-electron chi connectivity index (χ1n) is 15.4. The van der Waals surface area contributed by atoms with E-state index in [9.17, 15) is 0 Å². The van der Waals surface area contributed by atoms with Crippen molar-refractivity contribution in [1.29, 1.82) is 0 Å². The SMILES string of the molecule is CC1(C)OB(c2cc(-c3ccc(-c4ccccn4)cc3)cc(-c3nc(-c4ccccc4)nc(C4C=CC=CC4)n3)c2)OC1(C)C. The molecule has 0 spiro atoms. The van der Waals surface area contributed by atoms with E-state index in [-0.39, 0.29) is 5.92 Å². The maximum atomic E-state index is 6.52. The van der Waals surface area contributed by atoms with Crippen LogP contribution in [0.15, 0.2) is 121 Å². The van der Waals surface area contributed by atoms with Crippen LogP contribution in [0.3, 0.4) is 0 Å². The van der Waals surface area contributed by atoms with Crippen molar-refractivity contribution in [3.05, 3.63) is 127 Å². The maximum absolute atomic E-state index is 6.52. The van der Waals surface area contributed by atoms with Gasteiger partial charge >= 0.3 is 7.12 Å². The molecular formula is C38H35BN4O2. The Morgan fingerprint density at radius 1 is 0.644 bits per heavy atom. The smallest absolute Gasteiger partial charge is 0.399 e. The van der Waals surface area contributed by atoms with E-state index >= 15 is 0 Å². The number of allylic oxidation sites excluding steroid dienone is 4. The summed E-state index contributed by atoms with van der Waals surface area (Å²) in [5, 5.41) is 0. The van der Waals surface area contributed by atoms with E-state index < -0.39 is 18.3 Å². The van der Waals surface area contributed by atoms with Gasteiger partial charge in [0.25, 0.3) is 0 Å². The lowest BCUT2D eigenvalue weighted by Gasteiger charge is -2.32. The fourth-order valence-electron chi connectivity index (χ4n) is 5.61. The number of rotatable bonds is 6. The van der Waals surface area contributed by atoms with Gasteiger partial charge in [0.1, 0.15) is 5.82 Å². The van der Waals surface area contributed by atoms with Crippen molar-refractivity contribution >= 4 is 12.6 Å². The average molecular weight is 591 g/mol. The second kappa shape index (κ2) is 11.7. The minimum atomic E-state index is -0.539. The molecule has 45 heavy (non-hydrogen) atoms. The monoisotopic (exact) mass is 590 g/mol. The molecule has 6 nitrogen and oxygen atoms in total. The molecule has 0 bridgehead atoms. The molecule has 2 aromatic heterocycles. The number of nitrogens with zero attached hydrogens (tertiary/aromatic N) is 4. The molecular weight excluding hydrogens is 555 g/mol. The number of hydrogen-bond donors (Lipinski definition) is 0. The van der Waals surface area contributed by atoms with Crippen molar-refractivity contribution < 1.29 is 9.31 Å². The zero-order chi connectivity index (χ0) is 31.0. The maximum Gasteiger partial charge on any atom is 0.494 e. The molecule has 3 heterocycles. The Hall–Kier alpha value is -4.72. The van der Waals surface area contributed by atoms with Crippen LogP contribution in [-0.2, 0) is 9.31 Å². The van der Waals surface area contributed by atoms with Gasteiger partial charge in [-0.05, 0) is 68.9 Å². The van der Waals surface area contributed by atoms with E-state index in [1.54, 1.807) is 0 Å². The summed E-state index contributed by atoms with van der Waals surface area (Å²) in [5.74, 6) is 2.10. The third kappa shape index (κ3) is 5.89. The fourth-order valence-corrected chi connectivity index (χ4v) is 5.61. The molecule has 1 aliphatic heterocycles. The predicted molar refractivity (Wildman–Crippen MR) is 181 cm³/mol. The largest absolute Gasteiger partial charge is 0.494 e. The molecule has 5 aromatic rings. The standard InChI is InChI=1S/C38H35BN4O2/c1-37(2)38(3,4)45-39(44-37)32-24-30(26-18-20-27(21-19-26)33-17-11-12-22-40-33)23-31(25-32)36-42-34(28-13-7-5-8-14-28)41-35(43-36)29-15-9-6-10-16-29/h5-15,17-25,29H,16H2,1-4H3. The highest BCUT2D eigenvalue weighted by Crippen LogP contribution is 2.37. The Morgan fingerprint density at radius 2 is 1.31 bits per heavy atom. The van der Waals surface area contributed by atoms with Crippen LogP contribution in [0.4, 0.5) is 0 Å². The summed E-state index contributed by atoms with van der Waals surface area (Å²) in [5.41, 5.74) is 5.88. The fraction of sp³-hybridized carbons (Fsp3) is 0.211. The highest BCUT2D eigenvalue weighted by molar-refractivity contribution is 6.62. The molecule has 0 radical (unpaired) electrons. The van der Waals surface area contributed by atoms with Gasteiger partial charge in [0, 0.05) is 28.8 Å². The topological polar surface area (TPSA) is 70.0 Å². The number of benzene rings is 3. The van der Waals surface area contributed by atoms with E-state index in [1.165, 1.54) is 0 Å². The number of pyridine rings is 1. The normalized spacial score (nSPS) is 18.3. The van der Waals surface area contributed by atoms with Gasteiger partial charge in [-0.2, -0.15) is 0 Å². The Labute approximate surface area is 265 Å². The van der Waals surface area contributed by atoms with Crippen LogP contribution in [-0.4, -0.2) is 38.3 Å². The molecule has 0 saturated carbocycles. The van der Waals surface area contributed by atoms with Crippen molar-refractivity contribution in [3.8, 4) is 45.2 Å². The summed E-state index contributed by atoms with van der Waals surface area (Å²) in [4.78, 5) is 19.6. The van der Waals surface area contributed by atoms with Crippen LogP contribution in [0, 0.1) is 0 Å². The molecule has 1 atom stereocenters. The molecule has 0 amide bonds. The summed E-state index contributed by atoms with van der Waals surface area (Å²) in [7, 11) is -0.539. The van der Waals surface area contributed by atoms with Crippen molar-refractivity contribution in [2.24, 2.45) is 0 Å². The third-order valence-corrected chi connectivity index (χ3v) is 8.91. The summed E-state index contributed by atoms with van der Waals surface area (Å²) in [6.45, 7) is 8.30. The molecule has 3 aromatic carbocycles. The molecule has 1 aliphatic carbocycles. The minimum absolute atomic E-state index is 0.0732. The zero-order valence-electron chi connectivity index (χ0n) is 26.0. The molecule has 2 aliphatic rings. The lowest BCUT2D eigenvalue weighted by atomic mass is 9.76. The third-order valence-electron chi connectivity index (χ3n) is 8.91. The second-order valence-electron chi connectivity index (χ2n) is 12.6. The van der Waals surface area contributed by atoms with Crippen molar-refractivity contribution in [2.45, 2.75) is 51.2 Å². The molecule has 1 saturated heterocycles. The van der Waals surface area contributed by atoms with E-state index in [2.05, 4.69) is 99.4 Å². The van der Waals surface area contributed by atoms with Crippen molar-refractivity contribution in [1.82, 2.24) is 19.9 Å². The first-order valence-corrected chi connectivity index (χ1v) is 15.4. The average Bonchev–Trinajstić information content (AvgIpc) is 3.31. The Kier molecular flexibility index (Phi) is 7.52. The van der Waals surface area contributed by atoms with Crippen molar-refractivity contribution in [3.63, 3.8) is 0 Å². The summed E-state index contributed by atoms with van der Waals surface area (Å²) < 4.78 is 13.0. The van der Waals surface area contributed by atoms with Gasteiger partial charge in [0.05, 0.1) is 16.9 Å². The molecule has 1 unspecified atom stereocenters. The van der Waals surface area contributed by atoms with Gasteiger partial charge in [-0.25, -0.2) is 15.0 Å². The summed E-state index contributed by atoms with van der Waals surface area (Å²) in [6, 6.07) is 30.9. The molecule has 7 heteroatoms. The van der Waals surface area contributed by atoms with Gasteiger partial charge in [0.15, 0.2) is 11.6 Å². The Balaban J connectivity index is 1.37. The van der Waals surface area contributed by atoms with Crippen LogP contribution in [0.2, 0.25) is 0 Å². The zero-order valence-corrected chi connectivity index (χ0v) is 26.0. The second-order valence-corrected chi connectivity index (χ2v) is 12.6. The van der Waals surface area contributed by atoms with E-state index in [0.29, 0.717) is 11.6 Å². The highest BCUT2D eigenvalue weighted by atomic mass is 16.7. The van der Waals surface area contributed by atoms with Gasteiger partial charge in [0.2, 0.25) is 0 Å². The van der Waals surface area contributed by atoms with Crippen LogP contribution in [0.5, 0.6) is 0 Å². The molecule has 0 N–H and O–H groups in total. The lowest BCUT2D eigenvalue weighted by molar-refractivity contribution is 0.00578. The summed E-state index contributed by atoms with van der Waals surface area (Å²) in [6.07, 6.45) is 11.1. The first kappa shape index (κ1) is 29.0. The van der Waals surface area contributed by atoms with E-state index in [0.717, 1.165) is 51.2 Å². The molecule has 1 fully saturated rings. The number of hydrogen-bond acceptors (Lipinski definition) is 6. The van der Waals surface area contributed by atoms with Gasteiger partial charge in [-0.1, -0.05) is 97.1 Å². The van der Waals surface area contributed by atoms with Crippen molar-refractivity contribution in [2.75, 3.05) is 0 Å². The predicted octanol–water partition coefficient (Wildman–Crippen LogP) is 7.83. The molecule has 7 rings (SSSR count). The minimum Gasteiger partial charge on any atom is -0.399 e. The number of aromatic nitrogens is 4. The Bertz CT molecular complexity index is 1870. The van der Waals surface area contributed by atoms with Gasteiger partial charge in [-0.15, -0.1) is 0 Å². The van der Waals surface area contributed by atoms with E-state index in [4.69, 9.17) is 24.3 Å². The van der Waals surface area contributed by atoms with E-state index in [1.807, 2.05) is 54.7 Å². The summed E-state index contributed by atoms with van der Waals surface area (Å²) >= 11 is 0. The van der Waals surface area contributed by atoms with Crippen LogP contribution >= 0.6 is 0 Å². The highest BCUT2D eigenvalue weighted by Gasteiger charge is 2.51.